The van der Waals surface area contributed by atoms with Gasteiger partial charge in [-0.2, -0.15) is 14.0 Å². The number of carbonyl (C=O) groups excluding carboxylic acids is 1. The van der Waals surface area contributed by atoms with E-state index in [-0.39, 0.29) is 29.1 Å². The highest BCUT2D eigenvalue weighted by molar-refractivity contribution is 6.32. The van der Waals surface area contributed by atoms with Crippen molar-refractivity contribution in [2.75, 3.05) is 11.9 Å². The van der Waals surface area contributed by atoms with E-state index in [9.17, 15) is 18.8 Å². The minimum atomic E-state index is -2.96. The minimum absolute atomic E-state index is 0.00977. The molecule has 2 rings (SSSR count). The Morgan fingerprint density at radius 2 is 2.26 bits per heavy atom. The van der Waals surface area contributed by atoms with Gasteiger partial charge in [0.05, 0.1) is 17.6 Å². The number of benzene rings is 1. The second-order valence-electron chi connectivity index (χ2n) is 5.51. The number of nitriles is 1. The Kier molecular flexibility index (Phi) is 5.26. The van der Waals surface area contributed by atoms with Gasteiger partial charge in [0.15, 0.2) is 0 Å². The van der Waals surface area contributed by atoms with Crippen molar-refractivity contribution in [3.05, 3.63) is 23.2 Å². The van der Waals surface area contributed by atoms with Gasteiger partial charge >= 0.3 is 6.61 Å². The molecule has 1 aliphatic carbocycles. The Morgan fingerprint density at radius 3 is 2.78 bits per heavy atom. The molecular formula is C15H16ClF2N3O2. The van der Waals surface area contributed by atoms with E-state index in [4.69, 9.17) is 11.6 Å². The van der Waals surface area contributed by atoms with E-state index in [1.165, 1.54) is 18.2 Å². The maximum atomic E-state index is 12.1. The predicted molar refractivity (Wildman–Crippen MR) is 81.5 cm³/mol. The first-order valence-corrected chi connectivity index (χ1v) is 7.42. The molecular weight excluding hydrogens is 328 g/mol. The second-order valence-corrected chi connectivity index (χ2v) is 5.92. The maximum Gasteiger partial charge on any atom is 0.387 e. The summed E-state index contributed by atoms with van der Waals surface area (Å²) in [6.45, 7) is -1.31. The summed E-state index contributed by atoms with van der Waals surface area (Å²) in [4.78, 5) is 11.9. The number of amides is 1. The molecule has 0 heterocycles. The van der Waals surface area contributed by atoms with Crippen LogP contribution in [0.15, 0.2) is 18.2 Å². The number of nitrogens with zero attached hydrogens (tertiary/aromatic N) is 1. The normalized spacial score (nSPS) is 16.3. The molecule has 23 heavy (non-hydrogen) atoms. The van der Waals surface area contributed by atoms with Crippen LogP contribution in [0.4, 0.5) is 14.5 Å². The zero-order valence-electron chi connectivity index (χ0n) is 12.4. The molecule has 1 saturated carbocycles. The van der Waals surface area contributed by atoms with Crippen LogP contribution in [0.25, 0.3) is 0 Å². The summed E-state index contributed by atoms with van der Waals surface area (Å²) >= 11 is 5.83. The molecule has 5 nitrogen and oxygen atoms in total. The number of anilines is 1. The highest BCUT2D eigenvalue weighted by Gasteiger charge is 2.42. The Balaban J connectivity index is 1.89. The predicted octanol–water partition coefficient (Wildman–Crippen LogP) is 3.16. The number of hydrogen-bond donors (Lipinski definition) is 2. The number of alkyl halides is 2. The largest absolute Gasteiger partial charge is 0.433 e. The average molecular weight is 344 g/mol. The number of rotatable bonds is 7. The summed E-state index contributed by atoms with van der Waals surface area (Å²) in [5.41, 5.74) is -0.373. The Hall–Kier alpha value is -2.07. The van der Waals surface area contributed by atoms with Gasteiger partial charge in [-0.1, -0.05) is 11.6 Å². The fourth-order valence-corrected chi connectivity index (χ4v) is 2.43. The number of nitrogens with one attached hydrogen (secondary N) is 2. The first kappa shape index (κ1) is 17.3. The van der Waals surface area contributed by atoms with E-state index in [0.29, 0.717) is 5.69 Å². The summed E-state index contributed by atoms with van der Waals surface area (Å²) in [5.74, 6) is -0.274. The molecule has 1 atom stereocenters. The van der Waals surface area contributed by atoms with Crippen LogP contribution in [-0.2, 0) is 4.79 Å². The van der Waals surface area contributed by atoms with Gasteiger partial charge in [-0.3, -0.25) is 4.79 Å². The number of hydrogen-bond acceptors (Lipinski definition) is 4. The monoisotopic (exact) mass is 343 g/mol. The zero-order chi connectivity index (χ0) is 17.0. The second kappa shape index (κ2) is 7.01. The standard InChI is InChI=1S/C15H16ClF2N3O2/c1-15(8-19,9-2-3-9)21-13(22)7-20-10-4-5-12(11(16)6-10)23-14(17)18/h4-6,9,14,20H,2-3,7H2,1H3,(H,21,22). The topological polar surface area (TPSA) is 74.2 Å². The fraction of sp³-hybridized carbons (Fsp3) is 0.467. The van der Waals surface area contributed by atoms with Gasteiger partial charge < -0.3 is 15.4 Å². The molecule has 1 aromatic rings. The van der Waals surface area contributed by atoms with Crippen molar-refractivity contribution >= 4 is 23.2 Å². The van der Waals surface area contributed by atoms with Crippen molar-refractivity contribution in [3.8, 4) is 11.8 Å². The molecule has 1 aliphatic rings. The van der Waals surface area contributed by atoms with E-state index < -0.39 is 12.2 Å². The quantitative estimate of drug-likeness (QED) is 0.797. The van der Waals surface area contributed by atoms with E-state index >= 15 is 0 Å². The van der Waals surface area contributed by atoms with Gasteiger partial charge in [0.1, 0.15) is 11.3 Å². The molecule has 0 aromatic heterocycles. The van der Waals surface area contributed by atoms with E-state index in [1.807, 2.05) is 0 Å². The molecule has 1 aromatic carbocycles. The highest BCUT2D eigenvalue weighted by Crippen LogP contribution is 2.39. The van der Waals surface area contributed by atoms with Gasteiger partial charge in [0, 0.05) is 5.69 Å². The highest BCUT2D eigenvalue weighted by atomic mass is 35.5. The lowest BCUT2D eigenvalue weighted by Crippen LogP contribution is -2.48. The van der Waals surface area contributed by atoms with Crippen molar-refractivity contribution in [1.82, 2.24) is 5.32 Å². The maximum absolute atomic E-state index is 12.1. The van der Waals surface area contributed by atoms with Crippen LogP contribution >= 0.6 is 11.6 Å². The first-order valence-electron chi connectivity index (χ1n) is 7.04. The summed E-state index contributed by atoms with van der Waals surface area (Å²) in [6, 6.07) is 6.29. The van der Waals surface area contributed by atoms with Crippen LogP contribution in [0.1, 0.15) is 19.8 Å². The lowest BCUT2D eigenvalue weighted by molar-refractivity contribution is -0.120. The summed E-state index contributed by atoms with van der Waals surface area (Å²) < 4.78 is 28.5. The molecule has 1 unspecified atom stereocenters. The first-order chi connectivity index (χ1) is 10.8. The average Bonchev–Trinajstić information content (AvgIpc) is 3.32. The van der Waals surface area contributed by atoms with Crippen LogP contribution < -0.4 is 15.4 Å². The van der Waals surface area contributed by atoms with E-state index in [0.717, 1.165) is 12.8 Å². The van der Waals surface area contributed by atoms with Crippen molar-refractivity contribution in [1.29, 1.82) is 5.26 Å². The Labute approximate surface area is 137 Å². The van der Waals surface area contributed by atoms with Crippen LogP contribution in [0, 0.1) is 17.2 Å². The van der Waals surface area contributed by atoms with Gasteiger partial charge in [-0.25, -0.2) is 0 Å². The van der Waals surface area contributed by atoms with E-state index in [1.54, 1.807) is 6.92 Å². The molecule has 1 fully saturated rings. The van der Waals surface area contributed by atoms with Gasteiger partial charge in [-0.15, -0.1) is 0 Å². The number of carbonyl (C=O) groups is 1. The molecule has 0 radical (unpaired) electrons. The summed E-state index contributed by atoms with van der Waals surface area (Å²) in [5, 5.41) is 14.7. The number of ether oxygens (including phenoxy) is 1. The third kappa shape index (κ3) is 4.70. The van der Waals surface area contributed by atoms with Crippen LogP contribution in [0.3, 0.4) is 0 Å². The number of halogens is 3. The molecule has 0 saturated heterocycles. The lowest BCUT2D eigenvalue weighted by atomic mass is 9.98. The van der Waals surface area contributed by atoms with Gasteiger partial charge in [-0.05, 0) is 43.9 Å². The summed E-state index contributed by atoms with van der Waals surface area (Å²) in [6.07, 6.45) is 1.86. The smallest absolute Gasteiger partial charge is 0.387 e. The third-order valence-electron chi connectivity index (χ3n) is 3.63. The molecule has 0 spiro atoms. The van der Waals surface area contributed by atoms with Gasteiger partial charge in [0.25, 0.3) is 0 Å². The van der Waals surface area contributed by atoms with Crippen molar-refractivity contribution < 1.29 is 18.3 Å². The molecule has 8 heteroatoms. The van der Waals surface area contributed by atoms with Crippen LogP contribution in [0.5, 0.6) is 5.75 Å². The van der Waals surface area contributed by atoms with Crippen LogP contribution in [0.2, 0.25) is 5.02 Å². The lowest BCUT2D eigenvalue weighted by Gasteiger charge is -2.23. The SMILES string of the molecule is CC(C#N)(NC(=O)CNc1ccc(OC(F)F)c(Cl)c1)C1CC1. The zero-order valence-corrected chi connectivity index (χ0v) is 13.2. The van der Waals surface area contributed by atoms with Crippen molar-refractivity contribution in [2.45, 2.75) is 31.9 Å². The Morgan fingerprint density at radius 1 is 1.57 bits per heavy atom. The Bertz CT molecular complexity index is 632. The van der Waals surface area contributed by atoms with Crippen LogP contribution in [-0.4, -0.2) is 24.6 Å². The van der Waals surface area contributed by atoms with Crippen molar-refractivity contribution in [3.63, 3.8) is 0 Å². The third-order valence-corrected chi connectivity index (χ3v) is 3.92. The van der Waals surface area contributed by atoms with Crippen molar-refractivity contribution in [2.24, 2.45) is 5.92 Å². The van der Waals surface area contributed by atoms with Gasteiger partial charge in [0.2, 0.25) is 5.91 Å². The van der Waals surface area contributed by atoms with E-state index in [2.05, 4.69) is 21.4 Å². The molecule has 0 bridgehead atoms. The molecule has 2 N–H and O–H groups in total. The molecule has 1 amide bonds. The summed E-state index contributed by atoms with van der Waals surface area (Å²) in [7, 11) is 0. The fourth-order valence-electron chi connectivity index (χ4n) is 2.20. The molecule has 124 valence electrons. The minimum Gasteiger partial charge on any atom is -0.433 e. The molecule has 0 aliphatic heterocycles.